The molecule has 0 rings (SSSR count). The fourth-order valence-electron chi connectivity index (χ4n) is 0.665. The van der Waals surface area contributed by atoms with E-state index in [0.717, 1.165) is 14.0 Å². The number of nitrogens with zero attached hydrogens (tertiary/aromatic N) is 1. The second-order valence-corrected chi connectivity index (χ2v) is 3.78. The Hall–Kier alpha value is -1.84. The highest BCUT2D eigenvalue weighted by atomic mass is 19.4. The van der Waals surface area contributed by atoms with Gasteiger partial charge in [0.2, 0.25) is 0 Å². The van der Waals surface area contributed by atoms with Gasteiger partial charge < -0.3 is 20.4 Å². The number of amides is 1. The van der Waals surface area contributed by atoms with Crippen LogP contribution in [-0.2, 0) is 14.4 Å². The predicted molar refractivity (Wildman–Crippen MR) is 62.1 cm³/mol. The number of carboxylic acid groups (broad SMARTS) is 2. The molecule has 0 heterocycles. The van der Waals surface area contributed by atoms with Crippen LogP contribution in [0.2, 0.25) is 0 Å². The summed E-state index contributed by atoms with van der Waals surface area (Å²) < 4.78 is 35.2. The quantitative estimate of drug-likeness (QED) is 0.683. The molecule has 0 aliphatic carbocycles. The Bertz CT molecular complexity index is 359. The van der Waals surface area contributed by atoms with Gasteiger partial charge in [0.1, 0.15) is 12.1 Å². The number of alkyl halides is 3. The fraction of sp³-hybridized carbons (Fsp3) is 0.700. The second kappa shape index (κ2) is 8.35. The average molecular weight is 302 g/mol. The summed E-state index contributed by atoms with van der Waals surface area (Å²) in [6, 6.07) is -1.92. The number of hydrogen-bond acceptors (Lipinski definition) is 4. The van der Waals surface area contributed by atoms with E-state index in [1.807, 2.05) is 0 Å². The van der Waals surface area contributed by atoms with Crippen LogP contribution in [0.5, 0.6) is 0 Å². The van der Waals surface area contributed by atoms with E-state index in [9.17, 15) is 27.6 Å². The summed E-state index contributed by atoms with van der Waals surface area (Å²) >= 11 is 0. The zero-order valence-electron chi connectivity index (χ0n) is 11.4. The molecule has 0 unspecified atom stereocenters. The van der Waals surface area contributed by atoms with Crippen molar-refractivity contribution in [3.05, 3.63) is 0 Å². The molecule has 2 atom stereocenters. The number of carbonyl (C=O) groups is 3. The van der Waals surface area contributed by atoms with Crippen molar-refractivity contribution in [2.45, 2.75) is 32.1 Å². The summed E-state index contributed by atoms with van der Waals surface area (Å²) in [6.07, 6.45) is -5.03. The lowest BCUT2D eigenvalue weighted by Gasteiger charge is -2.22. The van der Waals surface area contributed by atoms with Crippen LogP contribution in [0, 0.1) is 0 Å². The average Bonchev–Trinajstić information content (AvgIpc) is 2.34. The number of aliphatic carboxylic acids is 2. The first kappa shape index (κ1) is 20.5. The maximum absolute atomic E-state index is 11.7. The fourth-order valence-corrected chi connectivity index (χ4v) is 0.665. The van der Waals surface area contributed by atoms with Crippen LogP contribution >= 0.6 is 0 Å². The van der Waals surface area contributed by atoms with Crippen LogP contribution in [0.25, 0.3) is 0 Å². The minimum Gasteiger partial charge on any atom is -0.480 e. The van der Waals surface area contributed by atoms with Gasteiger partial charge in [0.15, 0.2) is 0 Å². The topological polar surface area (TPSA) is 107 Å². The van der Waals surface area contributed by atoms with E-state index in [1.165, 1.54) is 0 Å². The number of nitrogens with one attached hydrogen (secondary N) is 1. The lowest BCUT2D eigenvalue weighted by Crippen LogP contribution is -2.46. The molecule has 7 nitrogen and oxygen atoms in total. The molecule has 118 valence electrons. The van der Waals surface area contributed by atoms with Crippen LogP contribution in [0.1, 0.15) is 13.8 Å². The molecular formula is C10H17F3N2O5. The molecule has 1 amide bonds. The number of carboxylic acids is 2. The number of likely N-dealkylation sites (N-methyl/N-ethyl adjacent to an activating group) is 2. The number of rotatable bonds is 4. The standard InChI is InChI=1S/C6H8F3NO3.C4H9NO2/c1-3(4(11)12)10(2)5(13)6(7,8)9;1-3(5-2)4(6)7/h3H,1-2H3,(H,11,12);3,5H,1-2H3,(H,6,7)/t2*3-/m00/s1. The molecule has 0 aliphatic rings. The maximum atomic E-state index is 11.7. The van der Waals surface area contributed by atoms with Crippen molar-refractivity contribution in [2.24, 2.45) is 0 Å². The maximum Gasteiger partial charge on any atom is 0.471 e. The van der Waals surface area contributed by atoms with E-state index in [2.05, 4.69) is 5.32 Å². The Labute approximate surface area is 113 Å². The molecular weight excluding hydrogens is 285 g/mol. The van der Waals surface area contributed by atoms with Gasteiger partial charge in [0.25, 0.3) is 0 Å². The number of carbonyl (C=O) groups excluding carboxylic acids is 1. The van der Waals surface area contributed by atoms with Gasteiger partial charge in [-0.25, -0.2) is 4.79 Å². The minimum atomic E-state index is -5.03. The highest BCUT2D eigenvalue weighted by Gasteiger charge is 2.43. The van der Waals surface area contributed by atoms with Crippen molar-refractivity contribution < 1.29 is 37.8 Å². The Morgan fingerprint density at radius 1 is 1.10 bits per heavy atom. The monoisotopic (exact) mass is 302 g/mol. The van der Waals surface area contributed by atoms with Gasteiger partial charge in [0, 0.05) is 7.05 Å². The van der Waals surface area contributed by atoms with E-state index < -0.39 is 36.1 Å². The van der Waals surface area contributed by atoms with Gasteiger partial charge in [-0.2, -0.15) is 13.2 Å². The molecule has 0 saturated heterocycles. The first-order valence-electron chi connectivity index (χ1n) is 5.33. The van der Waals surface area contributed by atoms with Crippen LogP contribution in [0.3, 0.4) is 0 Å². The van der Waals surface area contributed by atoms with Crippen molar-refractivity contribution in [1.29, 1.82) is 0 Å². The highest BCUT2D eigenvalue weighted by Crippen LogP contribution is 2.18. The van der Waals surface area contributed by atoms with Crippen molar-refractivity contribution in [1.82, 2.24) is 10.2 Å². The minimum absolute atomic E-state index is 0.127. The largest absolute Gasteiger partial charge is 0.480 e. The summed E-state index contributed by atoms with van der Waals surface area (Å²) in [7, 11) is 2.40. The Balaban J connectivity index is 0. The molecule has 0 aromatic heterocycles. The molecule has 0 aliphatic heterocycles. The zero-order chi connectivity index (χ0) is 16.7. The Morgan fingerprint density at radius 3 is 1.65 bits per heavy atom. The summed E-state index contributed by atoms with van der Waals surface area (Å²) in [5.41, 5.74) is 0. The Morgan fingerprint density at radius 2 is 1.50 bits per heavy atom. The van der Waals surface area contributed by atoms with Gasteiger partial charge >= 0.3 is 24.0 Å². The number of hydrogen-bond donors (Lipinski definition) is 3. The van der Waals surface area contributed by atoms with Gasteiger partial charge in [-0.3, -0.25) is 9.59 Å². The van der Waals surface area contributed by atoms with E-state index in [4.69, 9.17) is 10.2 Å². The van der Waals surface area contributed by atoms with Gasteiger partial charge in [-0.1, -0.05) is 0 Å². The first-order valence-corrected chi connectivity index (χ1v) is 5.33. The van der Waals surface area contributed by atoms with E-state index in [-0.39, 0.29) is 4.90 Å². The molecule has 0 aromatic rings. The molecule has 3 N–H and O–H groups in total. The number of halogens is 3. The molecule has 0 spiro atoms. The molecule has 0 fully saturated rings. The van der Waals surface area contributed by atoms with Crippen molar-refractivity contribution in [3.63, 3.8) is 0 Å². The lowest BCUT2D eigenvalue weighted by atomic mass is 10.3. The van der Waals surface area contributed by atoms with Gasteiger partial charge in [0.05, 0.1) is 0 Å². The predicted octanol–water partition coefficient (Wildman–Crippen LogP) is 0.159. The summed E-state index contributed by atoms with van der Waals surface area (Å²) in [4.78, 5) is 30.7. The van der Waals surface area contributed by atoms with E-state index >= 15 is 0 Å². The summed E-state index contributed by atoms with van der Waals surface area (Å²) in [5, 5.41) is 19.0. The molecule has 0 radical (unpaired) electrons. The van der Waals surface area contributed by atoms with Crippen molar-refractivity contribution in [2.75, 3.05) is 14.1 Å². The third-order valence-corrected chi connectivity index (χ3v) is 2.30. The summed E-state index contributed by atoms with van der Waals surface area (Å²) in [6.45, 7) is 2.58. The first-order chi connectivity index (χ1) is 8.86. The molecule has 20 heavy (non-hydrogen) atoms. The Kier molecular flexibility index (Phi) is 8.55. The molecule has 10 heteroatoms. The SMILES string of the molecule is CN[C@@H](C)C(=O)O.C[C@@H](C(=O)O)N(C)C(=O)C(F)(F)F. The third kappa shape index (κ3) is 7.56. The van der Waals surface area contributed by atoms with Crippen LogP contribution in [0.15, 0.2) is 0 Å². The molecule has 0 saturated carbocycles. The third-order valence-electron chi connectivity index (χ3n) is 2.30. The van der Waals surface area contributed by atoms with Gasteiger partial charge in [-0.15, -0.1) is 0 Å². The van der Waals surface area contributed by atoms with Crippen molar-refractivity contribution >= 4 is 17.8 Å². The van der Waals surface area contributed by atoms with Crippen molar-refractivity contribution in [3.8, 4) is 0 Å². The highest BCUT2D eigenvalue weighted by molar-refractivity contribution is 5.86. The normalized spacial score (nSPS) is 13.6. The lowest BCUT2D eigenvalue weighted by molar-refractivity contribution is -0.187. The van der Waals surface area contributed by atoms with Crippen LogP contribution in [-0.4, -0.2) is 65.3 Å². The zero-order valence-corrected chi connectivity index (χ0v) is 11.4. The van der Waals surface area contributed by atoms with Crippen LogP contribution in [0.4, 0.5) is 13.2 Å². The summed E-state index contributed by atoms with van der Waals surface area (Å²) in [5.74, 6) is -4.47. The van der Waals surface area contributed by atoms with E-state index in [0.29, 0.717) is 0 Å². The molecule has 0 aromatic carbocycles. The van der Waals surface area contributed by atoms with E-state index in [1.54, 1.807) is 14.0 Å². The van der Waals surface area contributed by atoms with Crippen LogP contribution < -0.4 is 5.32 Å². The smallest absolute Gasteiger partial charge is 0.471 e. The second-order valence-electron chi connectivity index (χ2n) is 3.78. The van der Waals surface area contributed by atoms with Gasteiger partial charge in [-0.05, 0) is 20.9 Å². The molecule has 0 bridgehead atoms.